The Hall–Kier alpha value is -0.0800. The molecule has 0 saturated heterocycles. The van der Waals surface area contributed by atoms with Crippen molar-refractivity contribution in [2.45, 2.75) is 58.0 Å². The average molecular weight is 187 g/mol. The Labute approximate surface area is 82.0 Å². The molecular formula is C11H23O2. The van der Waals surface area contributed by atoms with Crippen molar-refractivity contribution in [2.75, 3.05) is 6.61 Å². The lowest BCUT2D eigenvalue weighted by Gasteiger charge is -2.05. The zero-order valence-corrected chi connectivity index (χ0v) is 8.71. The number of hydrogen-bond acceptors (Lipinski definition) is 2. The lowest BCUT2D eigenvalue weighted by molar-refractivity contribution is 0.0940. The Morgan fingerprint density at radius 3 is 2.46 bits per heavy atom. The van der Waals surface area contributed by atoms with Crippen LogP contribution in [0.25, 0.3) is 0 Å². The van der Waals surface area contributed by atoms with Gasteiger partial charge in [-0.2, -0.15) is 0 Å². The summed E-state index contributed by atoms with van der Waals surface area (Å²) in [5.74, 6) is 0. The molecule has 1 radical (unpaired) electrons. The number of unbranched alkanes of at least 4 members (excludes halogenated alkanes) is 6. The van der Waals surface area contributed by atoms with E-state index >= 15 is 0 Å². The van der Waals surface area contributed by atoms with Crippen molar-refractivity contribution in [1.29, 1.82) is 0 Å². The molecule has 2 heteroatoms. The summed E-state index contributed by atoms with van der Waals surface area (Å²) in [6.07, 6.45) is 9.69. The van der Waals surface area contributed by atoms with Gasteiger partial charge in [0, 0.05) is 0 Å². The van der Waals surface area contributed by atoms with Gasteiger partial charge in [-0.25, -0.2) is 0 Å². The van der Waals surface area contributed by atoms with Gasteiger partial charge in [-0.05, 0) is 12.8 Å². The second kappa shape index (κ2) is 10.0. The minimum absolute atomic E-state index is 0.119. The smallest absolute Gasteiger partial charge is 0.0773 e. The number of rotatable bonds is 9. The second-order valence-corrected chi connectivity index (χ2v) is 3.56. The summed E-state index contributed by atoms with van der Waals surface area (Å²) in [5, 5.41) is 17.6. The molecule has 0 spiro atoms. The van der Waals surface area contributed by atoms with Crippen LogP contribution in [0.5, 0.6) is 0 Å². The van der Waals surface area contributed by atoms with Gasteiger partial charge in [-0.1, -0.05) is 45.4 Å². The summed E-state index contributed by atoms with van der Waals surface area (Å²) in [5.41, 5.74) is 0. The maximum absolute atomic E-state index is 9.02. The molecule has 0 bridgehead atoms. The topological polar surface area (TPSA) is 40.5 Å². The summed E-state index contributed by atoms with van der Waals surface area (Å²) in [7, 11) is 0. The third-order valence-electron chi connectivity index (χ3n) is 2.16. The Morgan fingerprint density at radius 2 is 1.85 bits per heavy atom. The van der Waals surface area contributed by atoms with E-state index in [0.717, 1.165) is 6.42 Å². The molecule has 13 heavy (non-hydrogen) atoms. The predicted molar refractivity (Wildman–Crippen MR) is 55.4 cm³/mol. The van der Waals surface area contributed by atoms with Gasteiger partial charge < -0.3 is 10.2 Å². The first-order valence-corrected chi connectivity index (χ1v) is 5.41. The Kier molecular flexibility index (Phi) is 9.94. The first-order valence-electron chi connectivity index (χ1n) is 5.41. The van der Waals surface area contributed by atoms with Crippen LogP contribution in [0, 0.1) is 6.42 Å². The molecule has 0 heterocycles. The highest BCUT2D eigenvalue weighted by Crippen LogP contribution is 2.08. The number of aliphatic hydroxyl groups excluding tert-OH is 2. The fourth-order valence-corrected chi connectivity index (χ4v) is 1.28. The summed E-state index contributed by atoms with van der Waals surface area (Å²) in [4.78, 5) is 0. The van der Waals surface area contributed by atoms with Crippen molar-refractivity contribution in [2.24, 2.45) is 0 Å². The number of aliphatic hydroxyl groups is 2. The molecule has 0 rings (SSSR count). The first kappa shape index (κ1) is 12.9. The molecule has 79 valence electrons. The van der Waals surface area contributed by atoms with Crippen LogP contribution in [0.3, 0.4) is 0 Å². The maximum Gasteiger partial charge on any atom is 0.0773 e. The largest absolute Gasteiger partial charge is 0.394 e. The van der Waals surface area contributed by atoms with E-state index in [0.29, 0.717) is 6.42 Å². The molecule has 0 aromatic rings. The first-order chi connectivity index (χ1) is 6.31. The van der Waals surface area contributed by atoms with Crippen molar-refractivity contribution in [1.82, 2.24) is 0 Å². The highest BCUT2D eigenvalue weighted by molar-refractivity contribution is 4.69. The quantitative estimate of drug-likeness (QED) is 0.544. The Bertz CT molecular complexity index is 94.1. The SMILES string of the molecule is CCCCCCC[CH]CC(O)CO. The molecule has 0 aromatic carbocycles. The van der Waals surface area contributed by atoms with Crippen LogP contribution in [0.1, 0.15) is 51.9 Å². The van der Waals surface area contributed by atoms with Gasteiger partial charge in [0.25, 0.3) is 0 Å². The van der Waals surface area contributed by atoms with Crippen LogP contribution >= 0.6 is 0 Å². The van der Waals surface area contributed by atoms with Crippen LogP contribution in [0.15, 0.2) is 0 Å². The molecule has 2 nitrogen and oxygen atoms in total. The monoisotopic (exact) mass is 187 g/mol. The lowest BCUT2D eigenvalue weighted by atomic mass is 10.1. The summed E-state index contributed by atoms with van der Waals surface area (Å²) in [6.45, 7) is 2.09. The van der Waals surface area contributed by atoms with Crippen molar-refractivity contribution >= 4 is 0 Å². The third-order valence-corrected chi connectivity index (χ3v) is 2.16. The molecule has 1 atom stereocenters. The zero-order chi connectivity index (χ0) is 9.94. The minimum atomic E-state index is -0.546. The second-order valence-electron chi connectivity index (χ2n) is 3.56. The molecule has 0 saturated carbocycles. The van der Waals surface area contributed by atoms with Gasteiger partial charge in [-0.15, -0.1) is 0 Å². The van der Waals surface area contributed by atoms with E-state index in [1.807, 2.05) is 0 Å². The molecule has 0 aliphatic rings. The molecule has 0 aliphatic heterocycles. The molecule has 2 N–H and O–H groups in total. The minimum Gasteiger partial charge on any atom is -0.394 e. The molecule has 0 aromatic heterocycles. The molecule has 1 unspecified atom stereocenters. The molecule has 0 fully saturated rings. The Balaban J connectivity index is 2.91. The zero-order valence-electron chi connectivity index (χ0n) is 8.71. The predicted octanol–water partition coefficient (Wildman–Crippen LogP) is 2.29. The van der Waals surface area contributed by atoms with Gasteiger partial charge in [0.1, 0.15) is 0 Å². The summed E-state index contributed by atoms with van der Waals surface area (Å²) in [6, 6.07) is 0. The van der Waals surface area contributed by atoms with E-state index in [1.54, 1.807) is 0 Å². The molecular weight excluding hydrogens is 164 g/mol. The van der Waals surface area contributed by atoms with E-state index in [-0.39, 0.29) is 6.61 Å². The van der Waals surface area contributed by atoms with Crippen molar-refractivity contribution < 1.29 is 10.2 Å². The molecule has 0 aliphatic carbocycles. The van der Waals surface area contributed by atoms with Crippen LogP contribution in [0.2, 0.25) is 0 Å². The maximum atomic E-state index is 9.02. The van der Waals surface area contributed by atoms with Crippen molar-refractivity contribution in [3.05, 3.63) is 6.42 Å². The van der Waals surface area contributed by atoms with Gasteiger partial charge in [0.05, 0.1) is 12.7 Å². The van der Waals surface area contributed by atoms with Crippen molar-refractivity contribution in [3.8, 4) is 0 Å². The highest BCUT2D eigenvalue weighted by atomic mass is 16.3. The highest BCUT2D eigenvalue weighted by Gasteiger charge is 2.00. The summed E-state index contributed by atoms with van der Waals surface area (Å²) >= 11 is 0. The van der Waals surface area contributed by atoms with Crippen LogP contribution in [0.4, 0.5) is 0 Å². The lowest BCUT2D eigenvalue weighted by Crippen LogP contribution is -2.11. The fraction of sp³-hybridized carbons (Fsp3) is 0.909. The normalized spacial score (nSPS) is 13.2. The third kappa shape index (κ3) is 9.84. The van der Waals surface area contributed by atoms with Crippen LogP contribution < -0.4 is 0 Å². The van der Waals surface area contributed by atoms with E-state index in [1.165, 1.54) is 32.1 Å². The van der Waals surface area contributed by atoms with Gasteiger partial charge >= 0.3 is 0 Å². The van der Waals surface area contributed by atoms with Crippen LogP contribution in [-0.2, 0) is 0 Å². The standard InChI is InChI=1S/C11H23O2/c1-2-3-4-5-6-7-8-9-11(13)10-12/h8,11-13H,2-7,9-10H2,1H3. The fourth-order valence-electron chi connectivity index (χ4n) is 1.28. The van der Waals surface area contributed by atoms with E-state index in [9.17, 15) is 0 Å². The number of hydrogen-bond donors (Lipinski definition) is 2. The summed E-state index contributed by atoms with van der Waals surface area (Å²) < 4.78 is 0. The van der Waals surface area contributed by atoms with Crippen LogP contribution in [-0.4, -0.2) is 22.9 Å². The van der Waals surface area contributed by atoms with Gasteiger partial charge in [-0.3, -0.25) is 0 Å². The van der Waals surface area contributed by atoms with Gasteiger partial charge in [0.2, 0.25) is 0 Å². The van der Waals surface area contributed by atoms with E-state index in [4.69, 9.17) is 10.2 Å². The Morgan fingerprint density at radius 1 is 1.15 bits per heavy atom. The van der Waals surface area contributed by atoms with E-state index < -0.39 is 6.10 Å². The average Bonchev–Trinajstić information content (AvgIpc) is 2.16. The van der Waals surface area contributed by atoms with Gasteiger partial charge in [0.15, 0.2) is 0 Å². The van der Waals surface area contributed by atoms with Crippen molar-refractivity contribution in [3.63, 3.8) is 0 Å². The van der Waals surface area contributed by atoms with E-state index in [2.05, 4.69) is 13.3 Å². The molecule has 0 amide bonds.